The molecule has 1 aliphatic heterocycles. The van der Waals surface area contributed by atoms with Crippen molar-refractivity contribution in [3.8, 4) is 11.1 Å². The van der Waals surface area contributed by atoms with E-state index in [4.69, 9.17) is 4.74 Å². The van der Waals surface area contributed by atoms with Crippen LogP contribution in [0.25, 0.3) is 11.1 Å². The summed E-state index contributed by atoms with van der Waals surface area (Å²) in [4.78, 5) is 26.3. The zero-order valence-corrected chi connectivity index (χ0v) is 15.8. The van der Waals surface area contributed by atoms with E-state index >= 15 is 0 Å². The van der Waals surface area contributed by atoms with Crippen LogP contribution in [0, 0.1) is 6.92 Å². The van der Waals surface area contributed by atoms with E-state index < -0.39 is 5.60 Å². The van der Waals surface area contributed by atoms with Gasteiger partial charge in [-0.25, -0.2) is 0 Å². The van der Waals surface area contributed by atoms with E-state index in [0.29, 0.717) is 12.8 Å². The van der Waals surface area contributed by atoms with Crippen LogP contribution < -0.4 is 4.90 Å². The van der Waals surface area contributed by atoms with Crippen LogP contribution in [0.1, 0.15) is 38.3 Å². The number of ether oxygens (including phenoxy) is 1. The number of hydrogen-bond donors (Lipinski definition) is 0. The quantitative estimate of drug-likeness (QED) is 0.775. The molecule has 0 N–H and O–H groups in total. The van der Waals surface area contributed by atoms with Crippen molar-refractivity contribution in [1.82, 2.24) is 0 Å². The summed E-state index contributed by atoms with van der Waals surface area (Å²) in [5.41, 5.74) is 4.65. The number of benzene rings is 2. The van der Waals surface area contributed by atoms with Gasteiger partial charge in [0.05, 0.1) is 0 Å². The average molecular weight is 351 g/mol. The summed E-state index contributed by atoms with van der Waals surface area (Å²) >= 11 is 0. The van der Waals surface area contributed by atoms with Gasteiger partial charge in [0.1, 0.15) is 12.1 Å². The van der Waals surface area contributed by atoms with Gasteiger partial charge in [-0.2, -0.15) is 0 Å². The van der Waals surface area contributed by atoms with Crippen molar-refractivity contribution >= 4 is 17.6 Å². The average Bonchev–Trinajstić information content (AvgIpc) is 2.55. The number of rotatable bonds is 3. The molecule has 0 aromatic heterocycles. The molecule has 136 valence electrons. The lowest BCUT2D eigenvalue weighted by atomic mass is 9.95. The SMILES string of the molecule is Cc1cccc(-c2ccc3c(c2)N(CC(=O)OC(C)(C)C)C(=O)CC3)c1. The van der Waals surface area contributed by atoms with E-state index in [1.807, 2.05) is 32.9 Å². The molecule has 0 spiro atoms. The molecule has 2 aromatic carbocycles. The topological polar surface area (TPSA) is 46.6 Å². The van der Waals surface area contributed by atoms with E-state index in [2.05, 4.69) is 37.3 Å². The van der Waals surface area contributed by atoms with E-state index in [1.165, 1.54) is 5.56 Å². The summed E-state index contributed by atoms with van der Waals surface area (Å²) < 4.78 is 5.40. The van der Waals surface area contributed by atoms with Gasteiger partial charge in [0, 0.05) is 12.1 Å². The number of hydrogen-bond acceptors (Lipinski definition) is 3. The molecule has 4 heteroatoms. The standard InChI is InChI=1S/C22H25NO3/c1-15-6-5-7-17(12-15)18-9-8-16-10-11-20(24)23(19(16)13-18)14-21(25)26-22(2,3)4/h5-9,12-13H,10-11,14H2,1-4H3. The first-order valence-corrected chi connectivity index (χ1v) is 8.95. The maximum Gasteiger partial charge on any atom is 0.326 e. The molecule has 0 fully saturated rings. The molecule has 0 bridgehead atoms. The van der Waals surface area contributed by atoms with Gasteiger partial charge in [0.25, 0.3) is 0 Å². The lowest BCUT2D eigenvalue weighted by Gasteiger charge is -2.30. The Balaban J connectivity index is 1.93. The van der Waals surface area contributed by atoms with Crippen molar-refractivity contribution in [3.05, 3.63) is 53.6 Å². The highest BCUT2D eigenvalue weighted by Crippen LogP contribution is 2.33. The maximum atomic E-state index is 12.5. The highest BCUT2D eigenvalue weighted by molar-refractivity contribution is 6.00. The molecule has 0 unspecified atom stereocenters. The Hall–Kier alpha value is -2.62. The molecule has 0 aliphatic carbocycles. The summed E-state index contributed by atoms with van der Waals surface area (Å²) in [5.74, 6) is -0.426. The summed E-state index contributed by atoms with van der Waals surface area (Å²) in [6.07, 6.45) is 1.12. The minimum Gasteiger partial charge on any atom is -0.459 e. The molecule has 1 heterocycles. The smallest absolute Gasteiger partial charge is 0.326 e. The van der Waals surface area contributed by atoms with Gasteiger partial charge in [-0.1, -0.05) is 42.0 Å². The van der Waals surface area contributed by atoms with Crippen LogP contribution in [0.2, 0.25) is 0 Å². The Bertz CT molecular complexity index is 849. The molecule has 0 radical (unpaired) electrons. The van der Waals surface area contributed by atoms with E-state index in [0.717, 1.165) is 22.4 Å². The third-order valence-electron chi connectivity index (χ3n) is 4.34. The number of amides is 1. The second-order valence-electron chi connectivity index (χ2n) is 7.78. The summed E-state index contributed by atoms with van der Waals surface area (Å²) in [5, 5.41) is 0. The van der Waals surface area contributed by atoms with Crippen molar-refractivity contribution in [2.24, 2.45) is 0 Å². The first-order chi connectivity index (χ1) is 12.2. The van der Waals surface area contributed by atoms with E-state index in [1.54, 1.807) is 4.90 Å². The number of anilines is 1. The van der Waals surface area contributed by atoms with Gasteiger partial charge in [-0.15, -0.1) is 0 Å². The van der Waals surface area contributed by atoms with Crippen LogP contribution in [0.4, 0.5) is 5.69 Å². The molecule has 0 saturated heterocycles. The van der Waals surface area contributed by atoms with Crippen molar-refractivity contribution < 1.29 is 14.3 Å². The second kappa shape index (κ2) is 6.94. The molecule has 4 nitrogen and oxygen atoms in total. The molecule has 0 atom stereocenters. The van der Waals surface area contributed by atoms with Gasteiger partial charge >= 0.3 is 5.97 Å². The van der Waals surface area contributed by atoms with Gasteiger partial charge in [-0.3, -0.25) is 9.59 Å². The van der Waals surface area contributed by atoms with Gasteiger partial charge in [0.15, 0.2) is 0 Å². The minimum atomic E-state index is -0.567. The predicted octanol–water partition coefficient (Wildman–Crippen LogP) is 4.28. The zero-order valence-electron chi connectivity index (χ0n) is 15.8. The number of aryl methyl sites for hydroxylation is 2. The molecule has 1 amide bonds. The minimum absolute atomic E-state index is 0.0373. The first kappa shape index (κ1) is 18.2. The Labute approximate surface area is 154 Å². The first-order valence-electron chi connectivity index (χ1n) is 8.95. The Kier molecular flexibility index (Phi) is 4.86. The van der Waals surface area contributed by atoms with Crippen LogP contribution >= 0.6 is 0 Å². The lowest BCUT2D eigenvalue weighted by molar-refractivity contribution is -0.153. The fourth-order valence-corrected chi connectivity index (χ4v) is 3.22. The lowest BCUT2D eigenvalue weighted by Crippen LogP contribution is -2.41. The number of carbonyl (C=O) groups is 2. The fraction of sp³-hybridized carbons (Fsp3) is 0.364. The van der Waals surface area contributed by atoms with Crippen molar-refractivity contribution in [2.75, 3.05) is 11.4 Å². The predicted molar refractivity (Wildman–Crippen MR) is 103 cm³/mol. The number of esters is 1. The molecule has 3 rings (SSSR count). The number of fused-ring (bicyclic) bond motifs is 1. The normalized spacial score (nSPS) is 14.2. The van der Waals surface area contributed by atoms with Crippen molar-refractivity contribution in [2.45, 2.75) is 46.1 Å². The Morgan fingerprint density at radius 2 is 1.81 bits per heavy atom. The maximum absolute atomic E-state index is 12.5. The van der Waals surface area contributed by atoms with E-state index in [-0.39, 0.29) is 18.4 Å². The highest BCUT2D eigenvalue weighted by atomic mass is 16.6. The van der Waals surface area contributed by atoms with Crippen LogP contribution in [0.3, 0.4) is 0 Å². The highest BCUT2D eigenvalue weighted by Gasteiger charge is 2.28. The second-order valence-corrected chi connectivity index (χ2v) is 7.78. The van der Waals surface area contributed by atoms with Crippen LogP contribution in [-0.2, 0) is 20.7 Å². The Morgan fingerprint density at radius 3 is 2.50 bits per heavy atom. The third-order valence-corrected chi connectivity index (χ3v) is 4.34. The summed E-state index contributed by atoms with van der Waals surface area (Å²) in [6, 6.07) is 14.4. The van der Waals surface area contributed by atoms with Crippen LogP contribution in [-0.4, -0.2) is 24.0 Å². The monoisotopic (exact) mass is 351 g/mol. The fourth-order valence-electron chi connectivity index (χ4n) is 3.22. The Morgan fingerprint density at radius 1 is 1.08 bits per heavy atom. The van der Waals surface area contributed by atoms with Gasteiger partial charge in [0.2, 0.25) is 5.91 Å². The number of nitrogens with zero attached hydrogens (tertiary/aromatic N) is 1. The molecular weight excluding hydrogens is 326 g/mol. The largest absolute Gasteiger partial charge is 0.459 e. The third kappa shape index (κ3) is 4.13. The summed E-state index contributed by atoms with van der Waals surface area (Å²) in [7, 11) is 0. The van der Waals surface area contributed by atoms with E-state index in [9.17, 15) is 9.59 Å². The summed E-state index contributed by atoms with van der Waals surface area (Å²) in [6.45, 7) is 7.48. The van der Waals surface area contributed by atoms with Crippen molar-refractivity contribution in [3.63, 3.8) is 0 Å². The molecule has 1 aliphatic rings. The zero-order chi connectivity index (χ0) is 18.9. The van der Waals surface area contributed by atoms with Gasteiger partial charge in [-0.05, 0) is 56.9 Å². The van der Waals surface area contributed by atoms with Crippen molar-refractivity contribution in [1.29, 1.82) is 0 Å². The molecule has 2 aromatic rings. The molecule has 26 heavy (non-hydrogen) atoms. The van der Waals surface area contributed by atoms with Crippen LogP contribution in [0.15, 0.2) is 42.5 Å². The number of carbonyl (C=O) groups excluding carboxylic acids is 2. The molecular formula is C22H25NO3. The van der Waals surface area contributed by atoms with Crippen LogP contribution in [0.5, 0.6) is 0 Å². The van der Waals surface area contributed by atoms with Gasteiger partial charge < -0.3 is 9.64 Å². The molecule has 0 saturated carbocycles.